The third kappa shape index (κ3) is 4.71. The largest absolute Gasteiger partial charge is 0.483 e. The Morgan fingerprint density at radius 1 is 1.43 bits per heavy atom. The van der Waals surface area contributed by atoms with E-state index in [2.05, 4.69) is 42.4 Å². The summed E-state index contributed by atoms with van der Waals surface area (Å²) in [6.45, 7) is -0.106. The Labute approximate surface area is 139 Å². The van der Waals surface area contributed by atoms with E-state index in [1.165, 1.54) is 0 Å². The van der Waals surface area contributed by atoms with E-state index in [1.807, 2.05) is 42.1 Å². The van der Waals surface area contributed by atoms with Crippen molar-refractivity contribution in [2.45, 2.75) is 0 Å². The van der Waals surface area contributed by atoms with Crippen LogP contribution in [-0.4, -0.2) is 23.3 Å². The van der Waals surface area contributed by atoms with Crippen molar-refractivity contribution >= 4 is 44.0 Å². The normalized spacial score (nSPS) is 10.8. The smallest absolute Gasteiger partial charge is 0.277 e. The lowest BCUT2D eigenvalue weighted by atomic mass is 10.3. The van der Waals surface area contributed by atoms with Gasteiger partial charge in [0, 0.05) is 17.7 Å². The van der Waals surface area contributed by atoms with Gasteiger partial charge in [0.15, 0.2) is 6.61 Å². The Morgan fingerprint density at radius 2 is 2.24 bits per heavy atom. The molecule has 0 saturated heterocycles. The van der Waals surface area contributed by atoms with E-state index in [4.69, 9.17) is 4.74 Å². The molecule has 0 radical (unpaired) electrons. The minimum absolute atomic E-state index is 0.106. The lowest BCUT2D eigenvalue weighted by Crippen LogP contribution is -2.24. The summed E-state index contributed by atoms with van der Waals surface area (Å²) >= 11 is 6.71. The summed E-state index contributed by atoms with van der Waals surface area (Å²) in [5.41, 5.74) is 3.31. The van der Waals surface area contributed by atoms with Gasteiger partial charge in [-0.25, -0.2) is 5.43 Å². The number of nitrogens with zero attached hydrogens (tertiary/aromatic N) is 2. The maximum Gasteiger partial charge on any atom is 0.277 e. The Balaban J connectivity index is 1.82. The summed E-state index contributed by atoms with van der Waals surface area (Å²) in [6.07, 6.45) is 3.48. The molecule has 1 aromatic heterocycles. The average Bonchev–Trinajstić information content (AvgIpc) is 2.83. The number of hydrazone groups is 1. The van der Waals surface area contributed by atoms with E-state index < -0.39 is 0 Å². The second-order valence-electron chi connectivity index (χ2n) is 4.20. The fourth-order valence-electron chi connectivity index (χ4n) is 1.55. The topological polar surface area (TPSA) is 55.6 Å². The SMILES string of the molecule is Cn1cccc1/C=N/NC(=O)COc1ccc(Br)cc1Br. The predicted octanol–water partition coefficient (Wildman–Crippen LogP) is 3.08. The van der Waals surface area contributed by atoms with Gasteiger partial charge in [-0.3, -0.25) is 4.79 Å². The van der Waals surface area contributed by atoms with Crippen molar-refractivity contribution in [3.05, 3.63) is 51.2 Å². The van der Waals surface area contributed by atoms with Crippen LogP contribution in [0.5, 0.6) is 5.75 Å². The zero-order chi connectivity index (χ0) is 15.2. The van der Waals surface area contributed by atoms with E-state index in [1.54, 1.807) is 12.3 Å². The van der Waals surface area contributed by atoms with Gasteiger partial charge in [-0.15, -0.1) is 0 Å². The van der Waals surface area contributed by atoms with Crippen molar-refractivity contribution < 1.29 is 9.53 Å². The number of halogens is 2. The Hall–Kier alpha value is -1.60. The molecule has 0 fully saturated rings. The first-order chi connectivity index (χ1) is 10.1. The molecule has 2 aromatic rings. The molecule has 0 spiro atoms. The van der Waals surface area contributed by atoms with Crippen molar-refractivity contribution in [2.24, 2.45) is 12.1 Å². The number of hydrogen-bond donors (Lipinski definition) is 1. The Bertz CT molecular complexity index is 668. The predicted molar refractivity (Wildman–Crippen MR) is 88.5 cm³/mol. The molecule has 0 saturated carbocycles. The first-order valence-electron chi connectivity index (χ1n) is 6.07. The van der Waals surface area contributed by atoms with Gasteiger partial charge in [0.05, 0.1) is 16.4 Å². The van der Waals surface area contributed by atoms with Gasteiger partial charge >= 0.3 is 0 Å². The molecule has 0 unspecified atom stereocenters. The Kier molecular flexibility index (Phi) is 5.58. The van der Waals surface area contributed by atoms with Crippen LogP contribution in [-0.2, 0) is 11.8 Å². The number of amides is 1. The van der Waals surface area contributed by atoms with Gasteiger partial charge in [-0.05, 0) is 46.3 Å². The number of aryl methyl sites for hydroxylation is 1. The molecule has 110 valence electrons. The molecule has 0 bridgehead atoms. The summed E-state index contributed by atoms with van der Waals surface area (Å²) in [7, 11) is 1.90. The summed E-state index contributed by atoms with van der Waals surface area (Å²) in [4.78, 5) is 11.6. The van der Waals surface area contributed by atoms with Crippen molar-refractivity contribution in [2.75, 3.05) is 6.61 Å². The van der Waals surface area contributed by atoms with Crippen molar-refractivity contribution in [1.29, 1.82) is 0 Å². The van der Waals surface area contributed by atoms with E-state index in [0.717, 1.165) is 14.6 Å². The van der Waals surface area contributed by atoms with Gasteiger partial charge in [0.25, 0.3) is 5.91 Å². The number of nitrogens with one attached hydrogen (secondary N) is 1. The molecule has 0 aliphatic heterocycles. The molecule has 2 rings (SSSR count). The van der Waals surface area contributed by atoms with E-state index >= 15 is 0 Å². The number of rotatable bonds is 5. The van der Waals surface area contributed by atoms with Crippen molar-refractivity contribution in [3.8, 4) is 5.75 Å². The third-order valence-electron chi connectivity index (χ3n) is 2.62. The molecule has 0 aliphatic rings. The molecule has 0 atom stereocenters. The highest BCUT2D eigenvalue weighted by atomic mass is 79.9. The first-order valence-corrected chi connectivity index (χ1v) is 7.66. The number of aromatic nitrogens is 1. The number of hydrogen-bond acceptors (Lipinski definition) is 3. The molecular weight excluding hydrogens is 402 g/mol. The lowest BCUT2D eigenvalue weighted by molar-refractivity contribution is -0.123. The second-order valence-corrected chi connectivity index (χ2v) is 5.97. The van der Waals surface area contributed by atoms with Gasteiger partial charge in [0.2, 0.25) is 0 Å². The monoisotopic (exact) mass is 413 g/mol. The van der Waals surface area contributed by atoms with Crippen LogP contribution in [0.4, 0.5) is 0 Å². The highest BCUT2D eigenvalue weighted by Crippen LogP contribution is 2.27. The molecular formula is C14H13Br2N3O2. The molecule has 7 heteroatoms. The molecule has 0 aliphatic carbocycles. The molecule has 5 nitrogen and oxygen atoms in total. The van der Waals surface area contributed by atoms with Crippen LogP contribution in [0.25, 0.3) is 0 Å². The molecule has 1 amide bonds. The number of carbonyl (C=O) groups excluding carboxylic acids is 1. The lowest BCUT2D eigenvalue weighted by Gasteiger charge is -2.07. The van der Waals surface area contributed by atoms with Crippen LogP contribution in [0.1, 0.15) is 5.69 Å². The number of benzene rings is 1. The quantitative estimate of drug-likeness (QED) is 0.603. The maximum atomic E-state index is 11.6. The molecule has 1 aromatic carbocycles. The van der Waals surface area contributed by atoms with Crippen LogP contribution < -0.4 is 10.2 Å². The zero-order valence-corrected chi connectivity index (χ0v) is 14.4. The van der Waals surface area contributed by atoms with Crippen molar-refractivity contribution in [3.63, 3.8) is 0 Å². The van der Waals surface area contributed by atoms with Crippen LogP contribution in [0.15, 0.2) is 50.6 Å². The minimum Gasteiger partial charge on any atom is -0.483 e. The summed E-state index contributed by atoms with van der Waals surface area (Å²) < 4.78 is 9.00. The minimum atomic E-state index is -0.324. The fourth-order valence-corrected chi connectivity index (χ4v) is 2.71. The maximum absolute atomic E-state index is 11.6. The van der Waals surface area contributed by atoms with Crippen LogP contribution in [0, 0.1) is 0 Å². The fraction of sp³-hybridized carbons (Fsp3) is 0.143. The van der Waals surface area contributed by atoms with Gasteiger partial charge < -0.3 is 9.30 Å². The zero-order valence-electron chi connectivity index (χ0n) is 11.2. The van der Waals surface area contributed by atoms with Crippen LogP contribution in [0.2, 0.25) is 0 Å². The number of carbonyl (C=O) groups is 1. The highest BCUT2D eigenvalue weighted by molar-refractivity contribution is 9.11. The van der Waals surface area contributed by atoms with Gasteiger partial charge in [0.1, 0.15) is 5.75 Å². The van der Waals surface area contributed by atoms with Crippen LogP contribution in [0.3, 0.4) is 0 Å². The van der Waals surface area contributed by atoms with Gasteiger partial charge in [-0.1, -0.05) is 15.9 Å². The first kappa shape index (κ1) is 15.8. The molecule has 1 N–H and O–H groups in total. The Morgan fingerprint density at radius 3 is 2.90 bits per heavy atom. The van der Waals surface area contributed by atoms with Crippen molar-refractivity contribution in [1.82, 2.24) is 9.99 Å². The molecule has 1 heterocycles. The summed E-state index contributed by atoms with van der Waals surface area (Å²) in [5, 5.41) is 3.88. The average molecular weight is 415 g/mol. The highest BCUT2D eigenvalue weighted by Gasteiger charge is 2.05. The van der Waals surface area contributed by atoms with E-state index in [9.17, 15) is 4.79 Å². The standard InChI is InChI=1S/C14H13Br2N3O2/c1-19-6-2-3-11(19)8-17-18-14(20)9-21-13-5-4-10(15)7-12(13)16/h2-8H,9H2,1H3,(H,18,20)/b17-8+. The molecule has 21 heavy (non-hydrogen) atoms. The second kappa shape index (κ2) is 7.42. The van der Waals surface area contributed by atoms with Crippen LogP contribution >= 0.6 is 31.9 Å². The van der Waals surface area contributed by atoms with E-state index in [0.29, 0.717) is 5.75 Å². The summed E-state index contributed by atoms with van der Waals surface area (Å²) in [5.74, 6) is 0.273. The van der Waals surface area contributed by atoms with Gasteiger partial charge in [-0.2, -0.15) is 5.10 Å². The third-order valence-corrected chi connectivity index (χ3v) is 3.74. The summed E-state index contributed by atoms with van der Waals surface area (Å²) in [6, 6.07) is 9.25. The van der Waals surface area contributed by atoms with E-state index in [-0.39, 0.29) is 12.5 Å². The number of ether oxygens (including phenoxy) is 1.